The lowest BCUT2D eigenvalue weighted by Gasteiger charge is -2.13. The summed E-state index contributed by atoms with van der Waals surface area (Å²) in [5.41, 5.74) is 1.78. The van der Waals surface area contributed by atoms with Crippen molar-refractivity contribution in [1.82, 2.24) is 0 Å². The molecule has 37 heavy (non-hydrogen) atoms. The van der Waals surface area contributed by atoms with Gasteiger partial charge in [-0.2, -0.15) is 5.26 Å². The van der Waals surface area contributed by atoms with Crippen LogP contribution in [0.4, 0.5) is 5.69 Å². The van der Waals surface area contributed by atoms with Crippen molar-refractivity contribution in [3.63, 3.8) is 0 Å². The molecule has 1 amide bonds. The van der Waals surface area contributed by atoms with Crippen molar-refractivity contribution in [2.24, 2.45) is 0 Å². The van der Waals surface area contributed by atoms with Crippen LogP contribution in [0.3, 0.4) is 0 Å². The van der Waals surface area contributed by atoms with Gasteiger partial charge in [-0.3, -0.25) is 4.79 Å². The Bertz CT molecular complexity index is 1540. The van der Waals surface area contributed by atoms with Crippen LogP contribution in [0.15, 0.2) is 78.4 Å². The quantitative estimate of drug-likeness (QED) is 0.190. The van der Waals surface area contributed by atoms with Crippen LogP contribution >= 0.6 is 23.2 Å². The van der Waals surface area contributed by atoms with Gasteiger partial charge in [-0.1, -0.05) is 71.7 Å². The zero-order valence-corrected chi connectivity index (χ0v) is 21.6. The molecule has 4 rings (SSSR count). The third-order valence-corrected chi connectivity index (χ3v) is 6.21. The van der Waals surface area contributed by atoms with Gasteiger partial charge in [0.25, 0.3) is 5.91 Å². The molecule has 4 aromatic rings. The van der Waals surface area contributed by atoms with Crippen molar-refractivity contribution in [3.8, 4) is 23.3 Å². The summed E-state index contributed by atoms with van der Waals surface area (Å²) in [4.78, 5) is 12.8. The highest BCUT2D eigenvalue weighted by atomic mass is 35.5. The Morgan fingerprint density at radius 2 is 1.65 bits per heavy atom. The van der Waals surface area contributed by atoms with E-state index in [0.29, 0.717) is 45.2 Å². The van der Waals surface area contributed by atoms with Crippen molar-refractivity contribution < 1.29 is 19.0 Å². The molecular formula is C29H22Cl2N2O4. The summed E-state index contributed by atoms with van der Waals surface area (Å²) in [5.74, 6) is 0.545. The SMILES string of the molecule is COc1cc(NC(=O)/C(C#N)=C/c2ccc(OCc3cccc4ccccc34)c(Cl)c2)c(OC)cc1Cl. The molecule has 0 aliphatic heterocycles. The number of rotatable bonds is 8. The van der Waals surface area contributed by atoms with E-state index in [1.165, 1.54) is 32.4 Å². The number of nitriles is 1. The summed E-state index contributed by atoms with van der Waals surface area (Å²) in [6, 6.07) is 24.2. The number of ether oxygens (including phenoxy) is 3. The van der Waals surface area contributed by atoms with E-state index in [9.17, 15) is 10.1 Å². The number of carbonyl (C=O) groups is 1. The molecule has 0 atom stereocenters. The minimum Gasteiger partial charge on any atom is -0.495 e. The fourth-order valence-corrected chi connectivity index (χ4v) is 4.24. The van der Waals surface area contributed by atoms with Crippen LogP contribution in [0.2, 0.25) is 10.0 Å². The summed E-state index contributed by atoms with van der Waals surface area (Å²) in [6.45, 7) is 0.342. The number of methoxy groups -OCH3 is 2. The zero-order valence-electron chi connectivity index (χ0n) is 20.0. The van der Waals surface area contributed by atoms with Crippen molar-refractivity contribution in [2.45, 2.75) is 6.61 Å². The first-order valence-corrected chi connectivity index (χ1v) is 11.9. The van der Waals surface area contributed by atoms with Crippen molar-refractivity contribution >= 4 is 51.6 Å². The van der Waals surface area contributed by atoms with Gasteiger partial charge in [0.05, 0.1) is 30.0 Å². The number of anilines is 1. The number of carbonyl (C=O) groups excluding carboxylic acids is 1. The Morgan fingerprint density at radius 1 is 0.919 bits per heavy atom. The predicted octanol–water partition coefficient (Wildman–Crippen LogP) is 7.29. The van der Waals surface area contributed by atoms with Crippen LogP contribution in [-0.4, -0.2) is 20.1 Å². The number of fused-ring (bicyclic) bond motifs is 1. The fourth-order valence-electron chi connectivity index (χ4n) is 3.76. The van der Waals surface area contributed by atoms with Crippen LogP contribution in [0.1, 0.15) is 11.1 Å². The van der Waals surface area contributed by atoms with Crippen LogP contribution in [0, 0.1) is 11.3 Å². The van der Waals surface area contributed by atoms with Gasteiger partial charge in [0, 0.05) is 12.1 Å². The minimum absolute atomic E-state index is 0.128. The van der Waals surface area contributed by atoms with Crippen LogP contribution in [-0.2, 0) is 11.4 Å². The van der Waals surface area contributed by atoms with E-state index in [0.717, 1.165) is 16.3 Å². The molecule has 0 heterocycles. The van der Waals surface area contributed by atoms with Gasteiger partial charge in [0.1, 0.15) is 35.5 Å². The Balaban J connectivity index is 1.51. The van der Waals surface area contributed by atoms with Crippen LogP contribution in [0.5, 0.6) is 17.2 Å². The van der Waals surface area contributed by atoms with E-state index in [4.69, 9.17) is 37.4 Å². The maximum absolute atomic E-state index is 12.8. The molecule has 0 bridgehead atoms. The van der Waals surface area contributed by atoms with E-state index in [2.05, 4.69) is 17.4 Å². The second kappa shape index (κ2) is 11.7. The number of hydrogen-bond donors (Lipinski definition) is 1. The summed E-state index contributed by atoms with van der Waals surface area (Å²) in [7, 11) is 2.90. The number of hydrogen-bond acceptors (Lipinski definition) is 5. The molecule has 0 spiro atoms. The molecule has 1 N–H and O–H groups in total. The fraction of sp³-hybridized carbons (Fsp3) is 0.103. The lowest BCUT2D eigenvalue weighted by molar-refractivity contribution is -0.112. The van der Waals surface area contributed by atoms with E-state index in [1.807, 2.05) is 36.4 Å². The lowest BCUT2D eigenvalue weighted by atomic mass is 10.1. The standard InChI is InChI=1S/C29H22Cl2N2O4/c1-35-27-15-25(28(36-2)14-24(27)31)33-29(34)21(16-32)12-18-10-11-26(23(30)13-18)37-17-20-8-5-7-19-6-3-4-9-22(19)20/h3-15H,17H2,1-2H3,(H,33,34)/b21-12+. The Morgan fingerprint density at radius 3 is 2.38 bits per heavy atom. The molecule has 6 nitrogen and oxygen atoms in total. The van der Waals surface area contributed by atoms with Crippen molar-refractivity contribution in [1.29, 1.82) is 5.26 Å². The topological polar surface area (TPSA) is 80.6 Å². The monoisotopic (exact) mass is 532 g/mol. The number of benzene rings is 4. The first kappa shape index (κ1) is 25.9. The van der Waals surface area contributed by atoms with Gasteiger partial charge in [-0.05, 0) is 40.1 Å². The molecule has 0 fully saturated rings. The van der Waals surface area contributed by atoms with Gasteiger partial charge in [0.15, 0.2) is 0 Å². The summed E-state index contributed by atoms with van der Waals surface area (Å²) in [5, 5.41) is 15.2. The van der Waals surface area contributed by atoms with Gasteiger partial charge in [-0.15, -0.1) is 0 Å². The van der Waals surface area contributed by atoms with E-state index < -0.39 is 5.91 Å². The Kier molecular flexibility index (Phi) is 8.19. The largest absolute Gasteiger partial charge is 0.495 e. The molecule has 0 saturated heterocycles. The van der Waals surface area contributed by atoms with E-state index >= 15 is 0 Å². The smallest absolute Gasteiger partial charge is 0.266 e. The molecule has 186 valence electrons. The average molecular weight is 533 g/mol. The number of nitrogens with zero attached hydrogens (tertiary/aromatic N) is 1. The lowest BCUT2D eigenvalue weighted by Crippen LogP contribution is -2.14. The zero-order chi connectivity index (χ0) is 26.4. The molecule has 0 aliphatic rings. The van der Waals surface area contributed by atoms with Crippen LogP contribution in [0.25, 0.3) is 16.8 Å². The third-order valence-electron chi connectivity index (χ3n) is 5.62. The van der Waals surface area contributed by atoms with Gasteiger partial charge < -0.3 is 19.5 Å². The minimum atomic E-state index is -0.627. The normalized spacial score (nSPS) is 11.1. The van der Waals surface area contributed by atoms with E-state index in [1.54, 1.807) is 18.2 Å². The summed E-state index contributed by atoms with van der Waals surface area (Å²) in [6.07, 6.45) is 1.44. The molecule has 0 aliphatic carbocycles. The molecule has 0 aromatic heterocycles. The highest BCUT2D eigenvalue weighted by Crippen LogP contribution is 2.36. The highest BCUT2D eigenvalue weighted by molar-refractivity contribution is 6.32. The van der Waals surface area contributed by atoms with Gasteiger partial charge >= 0.3 is 0 Å². The average Bonchev–Trinajstić information content (AvgIpc) is 2.91. The van der Waals surface area contributed by atoms with E-state index in [-0.39, 0.29) is 5.57 Å². The Hall–Kier alpha value is -4.18. The molecule has 4 aromatic carbocycles. The molecular weight excluding hydrogens is 511 g/mol. The second-order valence-electron chi connectivity index (χ2n) is 7.93. The highest BCUT2D eigenvalue weighted by Gasteiger charge is 2.16. The second-order valence-corrected chi connectivity index (χ2v) is 8.74. The third kappa shape index (κ3) is 5.97. The maximum Gasteiger partial charge on any atom is 0.266 e. The predicted molar refractivity (Wildman–Crippen MR) is 147 cm³/mol. The first-order valence-electron chi connectivity index (χ1n) is 11.2. The number of nitrogens with one attached hydrogen (secondary N) is 1. The molecule has 8 heteroatoms. The molecule has 0 unspecified atom stereocenters. The van der Waals surface area contributed by atoms with Gasteiger partial charge in [-0.25, -0.2) is 0 Å². The maximum atomic E-state index is 12.8. The first-order chi connectivity index (χ1) is 17.9. The van der Waals surface area contributed by atoms with Crippen LogP contribution < -0.4 is 19.5 Å². The number of amides is 1. The molecule has 0 saturated carbocycles. The van der Waals surface area contributed by atoms with Gasteiger partial charge in [0.2, 0.25) is 0 Å². The summed E-state index contributed by atoms with van der Waals surface area (Å²) >= 11 is 12.6. The number of halogens is 2. The van der Waals surface area contributed by atoms with Crippen molar-refractivity contribution in [3.05, 3.63) is 99.5 Å². The summed E-state index contributed by atoms with van der Waals surface area (Å²) < 4.78 is 16.4. The Labute approximate surface area is 224 Å². The van der Waals surface area contributed by atoms with Crippen molar-refractivity contribution in [2.75, 3.05) is 19.5 Å². The molecule has 0 radical (unpaired) electrons.